The second-order valence-electron chi connectivity index (χ2n) is 6.13. The van der Waals surface area contributed by atoms with Crippen LogP contribution in [0.5, 0.6) is 0 Å². The molecule has 1 aromatic rings. The zero-order valence-corrected chi connectivity index (χ0v) is 12.9. The lowest BCUT2D eigenvalue weighted by atomic mass is 9.84. The first-order chi connectivity index (χ1) is 10.2. The first kappa shape index (κ1) is 16.0. The van der Waals surface area contributed by atoms with Crippen LogP contribution in [0.4, 0.5) is 0 Å². The van der Waals surface area contributed by atoms with Crippen molar-refractivity contribution in [1.82, 2.24) is 10.1 Å². The van der Waals surface area contributed by atoms with Crippen molar-refractivity contribution in [1.29, 1.82) is 0 Å². The van der Waals surface area contributed by atoms with Gasteiger partial charge in [-0.05, 0) is 12.3 Å². The van der Waals surface area contributed by atoms with Crippen LogP contribution in [0.2, 0.25) is 0 Å². The highest BCUT2D eigenvalue weighted by Crippen LogP contribution is 2.31. The molecule has 0 unspecified atom stereocenters. The first-order valence-electron chi connectivity index (χ1n) is 8.23. The topological polar surface area (TPSA) is 76.2 Å². The van der Waals surface area contributed by atoms with Gasteiger partial charge in [-0.3, -0.25) is 4.79 Å². The van der Waals surface area contributed by atoms with Gasteiger partial charge < -0.3 is 9.63 Å². The lowest BCUT2D eigenvalue weighted by Crippen LogP contribution is -2.10. The third-order valence-corrected chi connectivity index (χ3v) is 4.46. The number of rotatable bonds is 8. The van der Waals surface area contributed by atoms with Crippen LogP contribution in [0.1, 0.15) is 82.3 Å². The van der Waals surface area contributed by atoms with Crippen molar-refractivity contribution in [2.24, 2.45) is 5.92 Å². The van der Waals surface area contributed by atoms with Crippen LogP contribution in [-0.2, 0) is 11.2 Å². The number of carboxylic acids is 1. The lowest BCUT2D eigenvalue weighted by Gasteiger charge is -2.21. The van der Waals surface area contributed by atoms with Gasteiger partial charge in [-0.2, -0.15) is 4.98 Å². The fourth-order valence-corrected chi connectivity index (χ4v) is 3.23. The van der Waals surface area contributed by atoms with Crippen LogP contribution in [0.15, 0.2) is 4.52 Å². The molecule has 1 aliphatic rings. The molecule has 0 aliphatic heterocycles. The quantitative estimate of drug-likeness (QED) is 0.785. The van der Waals surface area contributed by atoms with E-state index in [0.29, 0.717) is 18.1 Å². The molecule has 1 heterocycles. The lowest BCUT2D eigenvalue weighted by molar-refractivity contribution is -0.137. The summed E-state index contributed by atoms with van der Waals surface area (Å²) < 4.78 is 5.24. The standard InChI is InChI=1S/C16H26N2O3/c1-2-14-17-16(21-18-14)13(11-15(19)20)10-6-9-12-7-4-3-5-8-12/h12-13H,2-11H2,1H3,(H,19,20)/t13-/m1/s1. The van der Waals surface area contributed by atoms with Crippen molar-refractivity contribution in [2.75, 3.05) is 0 Å². The maximum atomic E-state index is 11.0. The Balaban J connectivity index is 1.85. The average Bonchev–Trinajstić information content (AvgIpc) is 2.96. The zero-order valence-electron chi connectivity index (χ0n) is 12.9. The number of hydrogen-bond acceptors (Lipinski definition) is 4. The minimum absolute atomic E-state index is 0.0794. The zero-order chi connectivity index (χ0) is 15.1. The summed E-state index contributed by atoms with van der Waals surface area (Å²) in [6, 6.07) is 0. The average molecular weight is 294 g/mol. The minimum Gasteiger partial charge on any atom is -0.481 e. The molecule has 118 valence electrons. The summed E-state index contributed by atoms with van der Waals surface area (Å²) in [5, 5.41) is 12.9. The van der Waals surface area contributed by atoms with Crippen molar-refractivity contribution in [3.8, 4) is 0 Å². The van der Waals surface area contributed by atoms with Gasteiger partial charge in [0.25, 0.3) is 0 Å². The van der Waals surface area contributed by atoms with Crippen molar-refractivity contribution in [3.05, 3.63) is 11.7 Å². The van der Waals surface area contributed by atoms with Crippen molar-refractivity contribution >= 4 is 5.97 Å². The number of aliphatic carboxylic acids is 1. The first-order valence-corrected chi connectivity index (χ1v) is 8.23. The van der Waals surface area contributed by atoms with E-state index in [0.717, 1.165) is 18.8 Å². The predicted molar refractivity (Wildman–Crippen MR) is 79.1 cm³/mol. The van der Waals surface area contributed by atoms with Crippen LogP contribution < -0.4 is 0 Å². The van der Waals surface area contributed by atoms with E-state index in [9.17, 15) is 4.79 Å². The molecule has 1 N–H and O–H groups in total. The second kappa shape index (κ2) is 8.15. The van der Waals surface area contributed by atoms with Crippen LogP contribution in [0.3, 0.4) is 0 Å². The van der Waals surface area contributed by atoms with Gasteiger partial charge >= 0.3 is 5.97 Å². The number of carbonyl (C=O) groups is 1. The molecule has 1 aromatic heterocycles. The van der Waals surface area contributed by atoms with Gasteiger partial charge in [0, 0.05) is 12.3 Å². The van der Waals surface area contributed by atoms with Gasteiger partial charge in [0.1, 0.15) is 0 Å². The molecule has 1 atom stereocenters. The monoisotopic (exact) mass is 294 g/mol. The van der Waals surface area contributed by atoms with E-state index in [-0.39, 0.29) is 12.3 Å². The number of hydrogen-bond donors (Lipinski definition) is 1. The molecule has 0 aromatic carbocycles. The molecule has 1 saturated carbocycles. The van der Waals surface area contributed by atoms with E-state index in [1.807, 2.05) is 6.92 Å². The third-order valence-electron chi connectivity index (χ3n) is 4.46. The second-order valence-corrected chi connectivity index (χ2v) is 6.13. The Morgan fingerprint density at radius 1 is 1.38 bits per heavy atom. The van der Waals surface area contributed by atoms with E-state index in [2.05, 4.69) is 10.1 Å². The number of aryl methyl sites for hydroxylation is 1. The van der Waals surface area contributed by atoms with Gasteiger partial charge in [-0.15, -0.1) is 0 Å². The molecular weight excluding hydrogens is 268 g/mol. The molecule has 0 spiro atoms. The molecule has 0 radical (unpaired) electrons. The summed E-state index contributed by atoms with van der Waals surface area (Å²) in [5.41, 5.74) is 0. The summed E-state index contributed by atoms with van der Waals surface area (Å²) in [7, 11) is 0. The number of carboxylic acid groups (broad SMARTS) is 1. The van der Waals surface area contributed by atoms with E-state index >= 15 is 0 Å². The fraction of sp³-hybridized carbons (Fsp3) is 0.812. The van der Waals surface area contributed by atoms with Crippen LogP contribution in [-0.4, -0.2) is 21.2 Å². The minimum atomic E-state index is -0.797. The molecule has 21 heavy (non-hydrogen) atoms. The Bertz CT molecular complexity index is 438. The fourth-order valence-electron chi connectivity index (χ4n) is 3.23. The van der Waals surface area contributed by atoms with Crippen LogP contribution >= 0.6 is 0 Å². The highest BCUT2D eigenvalue weighted by molar-refractivity contribution is 5.67. The Kier molecular flexibility index (Phi) is 6.21. The van der Waals surface area contributed by atoms with Gasteiger partial charge in [0.15, 0.2) is 5.82 Å². The smallest absolute Gasteiger partial charge is 0.304 e. The molecule has 5 nitrogen and oxygen atoms in total. The maximum Gasteiger partial charge on any atom is 0.304 e. The van der Waals surface area contributed by atoms with Crippen molar-refractivity contribution in [2.45, 2.75) is 77.0 Å². The molecule has 2 rings (SSSR count). The predicted octanol–water partition coefficient (Wildman–Crippen LogP) is 3.94. The highest BCUT2D eigenvalue weighted by atomic mass is 16.5. The Morgan fingerprint density at radius 3 is 2.76 bits per heavy atom. The van der Waals surface area contributed by atoms with E-state index < -0.39 is 5.97 Å². The normalized spacial score (nSPS) is 17.8. The van der Waals surface area contributed by atoms with Gasteiger partial charge in [-0.25, -0.2) is 0 Å². The van der Waals surface area contributed by atoms with E-state index in [1.165, 1.54) is 38.5 Å². The summed E-state index contributed by atoms with van der Waals surface area (Å²) >= 11 is 0. The van der Waals surface area contributed by atoms with Crippen molar-refractivity contribution < 1.29 is 14.4 Å². The van der Waals surface area contributed by atoms with Gasteiger partial charge in [0.2, 0.25) is 5.89 Å². The molecule has 0 amide bonds. The molecule has 1 aliphatic carbocycles. The Morgan fingerprint density at radius 2 is 2.14 bits per heavy atom. The Hall–Kier alpha value is -1.39. The van der Waals surface area contributed by atoms with Crippen molar-refractivity contribution in [3.63, 3.8) is 0 Å². The maximum absolute atomic E-state index is 11.0. The summed E-state index contributed by atoms with van der Waals surface area (Å²) in [5.74, 6) is 1.05. The van der Waals surface area contributed by atoms with Gasteiger partial charge in [0.05, 0.1) is 6.42 Å². The number of nitrogens with zero attached hydrogens (tertiary/aromatic N) is 2. The summed E-state index contributed by atoms with van der Waals surface area (Å²) in [6.07, 6.45) is 10.6. The SMILES string of the molecule is CCc1noc([C@H](CCCC2CCCCC2)CC(=O)O)n1. The molecule has 0 bridgehead atoms. The Labute approximate surface area is 126 Å². The number of aromatic nitrogens is 2. The third kappa shape index (κ3) is 5.14. The molecule has 5 heteroatoms. The van der Waals surface area contributed by atoms with Gasteiger partial charge in [-0.1, -0.05) is 57.0 Å². The van der Waals surface area contributed by atoms with Crippen LogP contribution in [0.25, 0.3) is 0 Å². The van der Waals surface area contributed by atoms with E-state index in [4.69, 9.17) is 9.63 Å². The summed E-state index contributed by atoms with van der Waals surface area (Å²) in [6.45, 7) is 1.96. The van der Waals surface area contributed by atoms with Crippen LogP contribution in [0, 0.1) is 5.92 Å². The molecule has 1 fully saturated rings. The largest absolute Gasteiger partial charge is 0.481 e. The van der Waals surface area contributed by atoms with E-state index in [1.54, 1.807) is 0 Å². The summed E-state index contributed by atoms with van der Waals surface area (Å²) in [4.78, 5) is 15.3. The highest BCUT2D eigenvalue weighted by Gasteiger charge is 2.22. The molecular formula is C16H26N2O3. The molecule has 0 saturated heterocycles.